The zero-order valence-corrected chi connectivity index (χ0v) is 12.2. The van der Waals surface area contributed by atoms with Gasteiger partial charge >= 0.3 is 0 Å². The molecule has 0 aliphatic heterocycles. The van der Waals surface area contributed by atoms with Crippen molar-refractivity contribution in [1.29, 1.82) is 0 Å². The first kappa shape index (κ1) is 15.5. The number of aromatic amines is 1. The third-order valence-corrected chi connectivity index (χ3v) is 3.09. The van der Waals surface area contributed by atoms with Crippen LogP contribution in [0, 0.1) is 17.0 Å². The van der Waals surface area contributed by atoms with Gasteiger partial charge in [0.25, 0.3) is 11.6 Å². The Morgan fingerprint density at radius 1 is 1.50 bits per heavy atom. The lowest BCUT2D eigenvalue weighted by Crippen LogP contribution is -2.34. The largest absolute Gasteiger partial charge is 0.507 e. The summed E-state index contributed by atoms with van der Waals surface area (Å²) in [6.45, 7) is 3.69. The molecular formula is C14H16N4O4. The number of rotatable bonds is 5. The number of non-ortho nitro benzene ring substituents is 1. The average molecular weight is 304 g/mol. The van der Waals surface area contributed by atoms with E-state index in [4.69, 9.17) is 0 Å². The number of H-pyrrole nitrogens is 1. The number of aromatic hydroxyl groups is 1. The van der Waals surface area contributed by atoms with Crippen molar-refractivity contribution in [1.82, 2.24) is 15.5 Å². The summed E-state index contributed by atoms with van der Waals surface area (Å²) in [6, 6.07) is 5.04. The summed E-state index contributed by atoms with van der Waals surface area (Å²) in [5, 5.41) is 30.0. The van der Waals surface area contributed by atoms with Crippen LogP contribution in [-0.4, -0.2) is 32.2 Å². The second-order valence-electron chi connectivity index (χ2n) is 5.08. The Hall–Kier alpha value is -2.90. The molecule has 1 heterocycles. The fourth-order valence-electron chi connectivity index (χ4n) is 2.07. The van der Waals surface area contributed by atoms with Crippen molar-refractivity contribution < 1.29 is 14.8 Å². The van der Waals surface area contributed by atoms with Crippen molar-refractivity contribution in [3.05, 3.63) is 51.3 Å². The number of nitrogens with zero attached hydrogens (tertiary/aromatic N) is 2. The monoisotopic (exact) mass is 304 g/mol. The standard InChI is InChI=1S/C14H16N4O4/c1-8(5-10-6-9(2)16-17-10)15-14(20)12-4-3-11(18(21)22)7-13(12)19/h3-4,6-8,19H,5H2,1-2H3,(H,15,20)(H,16,17). The lowest BCUT2D eigenvalue weighted by molar-refractivity contribution is -0.384. The van der Waals surface area contributed by atoms with E-state index < -0.39 is 16.6 Å². The van der Waals surface area contributed by atoms with E-state index >= 15 is 0 Å². The molecule has 1 atom stereocenters. The Morgan fingerprint density at radius 3 is 2.77 bits per heavy atom. The van der Waals surface area contributed by atoms with Gasteiger partial charge in [-0.05, 0) is 26.0 Å². The third kappa shape index (κ3) is 3.60. The first-order valence-corrected chi connectivity index (χ1v) is 6.66. The molecular weight excluding hydrogens is 288 g/mol. The van der Waals surface area contributed by atoms with Crippen molar-refractivity contribution in [2.24, 2.45) is 0 Å². The molecule has 0 spiro atoms. The summed E-state index contributed by atoms with van der Waals surface area (Å²) in [5.41, 5.74) is 1.48. The normalized spacial score (nSPS) is 11.9. The Labute approximate surface area is 126 Å². The van der Waals surface area contributed by atoms with Gasteiger partial charge in [0.1, 0.15) is 5.75 Å². The fraction of sp³-hybridized carbons (Fsp3) is 0.286. The topological polar surface area (TPSA) is 121 Å². The molecule has 1 aromatic heterocycles. The number of benzene rings is 1. The molecule has 0 radical (unpaired) electrons. The molecule has 0 saturated carbocycles. The maximum absolute atomic E-state index is 12.1. The molecule has 1 aromatic carbocycles. The van der Waals surface area contributed by atoms with Crippen molar-refractivity contribution in [3.8, 4) is 5.75 Å². The van der Waals surface area contributed by atoms with Gasteiger partial charge in [0.05, 0.1) is 22.2 Å². The van der Waals surface area contributed by atoms with Gasteiger partial charge < -0.3 is 10.4 Å². The number of hydrogen-bond donors (Lipinski definition) is 3. The minimum absolute atomic E-state index is 0.00402. The lowest BCUT2D eigenvalue weighted by atomic mass is 10.1. The van der Waals surface area contributed by atoms with Crippen molar-refractivity contribution in [2.75, 3.05) is 0 Å². The van der Waals surface area contributed by atoms with Crippen LogP contribution < -0.4 is 5.32 Å². The number of nitro benzene ring substituents is 1. The molecule has 1 unspecified atom stereocenters. The van der Waals surface area contributed by atoms with Gasteiger partial charge in [-0.2, -0.15) is 5.10 Å². The van der Waals surface area contributed by atoms with E-state index in [1.54, 1.807) is 0 Å². The van der Waals surface area contributed by atoms with Crippen LogP contribution in [0.25, 0.3) is 0 Å². The van der Waals surface area contributed by atoms with Crippen LogP contribution in [0.3, 0.4) is 0 Å². The Morgan fingerprint density at radius 2 is 2.23 bits per heavy atom. The molecule has 22 heavy (non-hydrogen) atoms. The second-order valence-corrected chi connectivity index (χ2v) is 5.08. The van der Waals surface area contributed by atoms with E-state index in [1.807, 2.05) is 19.9 Å². The zero-order valence-electron chi connectivity index (χ0n) is 12.2. The van der Waals surface area contributed by atoms with Gasteiger partial charge in [0.15, 0.2) is 0 Å². The fourth-order valence-corrected chi connectivity index (χ4v) is 2.07. The predicted molar refractivity (Wildman–Crippen MR) is 78.7 cm³/mol. The van der Waals surface area contributed by atoms with Gasteiger partial charge in [0.2, 0.25) is 0 Å². The van der Waals surface area contributed by atoms with E-state index in [9.17, 15) is 20.0 Å². The smallest absolute Gasteiger partial charge is 0.273 e. The van der Waals surface area contributed by atoms with Crippen LogP contribution in [0.4, 0.5) is 5.69 Å². The first-order chi connectivity index (χ1) is 10.4. The number of nitro groups is 1. The predicted octanol–water partition coefficient (Wildman–Crippen LogP) is 1.69. The molecule has 0 fully saturated rings. The van der Waals surface area contributed by atoms with E-state index in [-0.39, 0.29) is 17.3 Å². The summed E-state index contributed by atoms with van der Waals surface area (Å²) in [7, 11) is 0. The van der Waals surface area contributed by atoms with Crippen molar-refractivity contribution >= 4 is 11.6 Å². The lowest BCUT2D eigenvalue weighted by Gasteiger charge is -2.13. The van der Waals surface area contributed by atoms with Gasteiger partial charge in [0, 0.05) is 24.2 Å². The summed E-state index contributed by atoms with van der Waals surface area (Å²) in [5.74, 6) is -0.915. The molecule has 0 bridgehead atoms. The minimum Gasteiger partial charge on any atom is -0.507 e. The number of carbonyl (C=O) groups is 1. The Bertz CT molecular complexity index is 711. The highest BCUT2D eigenvalue weighted by molar-refractivity contribution is 5.97. The van der Waals surface area contributed by atoms with E-state index in [2.05, 4.69) is 15.5 Å². The van der Waals surface area contributed by atoms with Crippen LogP contribution >= 0.6 is 0 Å². The number of phenols is 1. The van der Waals surface area contributed by atoms with Crippen molar-refractivity contribution in [3.63, 3.8) is 0 Å². The van der Waals surface area contributed by atoms with Crippen LogP contribution in [-0.2, 0) is 6.42 Å². The number of phenolic OH excluding ortho intramolecular Hbond substituents is 1. The molecule has 2 rings (SSSR count). The van der Waals surface area contributed by atoms with Crippen LogP contribution in [0.2, 0.25) is 0 Å². The molecule has 116 valence electrons. The Kier molecular flexibility index (Phi) is 4.40. The van der Waals surface area contributed by atoms with E-state index in [1.165, 1.54) is 12.1 Å². The highest BCUT2D eigenvalue weighted by Crippen LogP contribution is 2.23. The first-order valence-electron chi connectivity index (χ1n) is 6.66. The van der Waals surface area contributed by atoms with Crippen LogP contribution in [0.15, 0.2) is 24.3 Å². The maximum Gasteiger partial charge on any atom is 0.273 e. The molecule has 0 aliphatic rings. The van der Waals surface area contributed by atoms with Gasteiger partial charge in [-0.15, -0.1) is 0 Å². The number of hydrogen-bond acceptors (Lipinski definition) is 5. The molecule has 0 aliphatic carbocycles. The Balaban J connectivity index is 2.03. The minimum atomic E-state index is -0.635. The van der Waals surface area contributed by atoms with Crippen LogP contribution in [0.1, 0.15) is 28.7 Å². The molecule has 3 N–H and O–H groups in total. The zero-order chi connectivity index (χ0) is 16.3. The molecule has 0 saturated heterocycles. The molecule has 2 aromatic rings. The number of amides is 1. The quantitative estimate of drug-likeness (QED) is 0.573. The highest BCUT2D eigenvalue weighted by atomic mass is 16.6. The average Bonchev–Trinajstić information content (AvgIpc) is 2.83. The number of aromatic nitrogens is 2. The summed E-state index contributed by atoms with van der Waals surface area (Å²) in [6.07, 6.45) is 0.532. The highest BCUT2D eigenvalue weighted by Gasteiger charge is 2.17. The summed E-state index contributed by atoms with van der Waals surface area (Å²) < 4.78 is 0. The molecule has 1 amide bonds. The summed E-state index contributed by atoms with van der Waals surface area (Å²) >= 11 is 0. The van der Waals surface area contributed by atoms with Gasteiger partial charge in [-0.3, -0.25) is 20.0 Å². The number of aryl methyl sites for hydroxylation is 1. The summed E-state index contributed by atoms with van der Waals surface area (Å²) in [4.78, 5) is 22.0. The van der Waals surface area contributed by atoms with E-state index in [0.717, 1.165) is 17.5 Å². The third-order valence-electron chi connectivity index (χ3n) is 3.09. The molecule has 8 nitrogen and oxygen atoms in total. The number of carbonyl (C=O) groups excluding carboxylic acids is 1. The molecule has 8 heteroatoms. The van der Waals surface area contributed by atoms with Gasteiger partial charge in [-0.1, -0.05) is 0 Å². The maximum atomic E-state index is 12.1. The van der Waals surface area contributed by atoms with Crippen LogP contribution in [0.5, 0.6) is 5.75 Å². The number of nitrogens with one attached hydrogen (secondary N) is 2. The van der Waals surface area contributed by atoms with Crippen molar-refractivity contribution in [2.45, 2.75) is 26.3 Å². The SMILES string of the molecule is Cc1cc(CC(C)NC(=O)c2ccc([N+](=O)[O-])cc2O)n[nH]1. The van der Waals surface area contributed by atoms with Gasteiger partial charge in [-0.25, -0.2) is 0 Å². The van der Waals surface area contributed by atoms with E-state index in [0.29, 0.717) is 6.42 Å². The second kappa shape index (κ2) is 6.25.